The Morgan fingerprint density at radius 1 is 0.853 bits per heavy atom. The maximum absolute atomic E-state index is 13.1. The standard InChI is InChI=1S/C26H18N2O5S/c29-22(27-14-19-6-3-13-34-19)15-33-26(32)17-9-11-18(12-10-17)28-24(30)20-7-1-4-16-5-2-8-21(23(16)20)25(28)31/h1-13H,14-15H2,(H,27,29). The van der Waals surface area contributed by atoms with Crippen LogP contribution in [0.25, 0.3) is 10.8 Å². The molecule has 0 spiro atoms. The summed E-state index contributed by atoms with van der Waals surface area (Å²) in [6.07, 6.45) is 0. The number of esters is 1. The Balaban J connectivity index is 1.27. The maximum Gasteiger partial charge on any atom is 0.338 e. The number of imide groups is 1. The van der Waals surface area contributed by atoms with E-state index in [2.05, 4.69) is 5.32 Å². The second kappa shape index (κ2) is 8.92. The van der Waals surface area contributed by atoms with Crippen LogP contribution in [0.1, 0.15) is 36.0 Å². The molecule has 2 heterocycles. The third-order valence-corrected chi connectivity index (χ3v) is 6.38. The van der Waals surface area contributed by atoms with Crippen molar-refractivity contribution in [1.29, 1.82) is 0 Å². The van der Waals surface area contributed by atoms with E-state index >= 15 is 0 Å². The molecule has 0 bridgehead atoms. The molecule has 3 amide bonds. The number of benzene rings is 3. The van der Waals surface area contributed by atoms with Crippen LogP contribution in [-0.4, -0.2) is 30.3 Å². The molecule has 1 aromatic heterocycles. The van der Waals surface area contributed by atoms with Crippen molar-refractivity contribution in [3.8, 4) is 0 Å². The van der Waals surface area contributed by atoms with Crippen molar-refractivity contribution in [2.45, 2.75) is 6.54 Å². The summed E-state index contributed by atoms with van der Waals surface area (Å²) in [6.45, 7) is -0.0344. The van der Waals surface area contributed by atoms with E-state index < -0.39 is 30.3 Å². The Labute approximate surface area is 198 Å². The SMILES string of the molecule is O=C(COC(=O)c1ccc(N2C(=O)c3cccc4cccc(c34)C2=O)cc1)NCc1cccs1. The van der Waals surface area contributed by atoms with Crippen molar-refractivity contribution in [1.82, 2.24) is 5.32 Å². The first-order valence-electron chi connectivity index (χ1n) is 10.5. The van der Waals surface area contributed by atoms with Gasteiger partial charge in [-0.2, -0.15) is 0 Å². The zero-order valence-electron chi connectivity index (χ0n) is 17.8. The lowest BCUT2D eigenvalue weighted by atomic mass is 9.94. The summed E-state index contributed by atoms with van der Waals surface area (Å²) in [5, 5.41) is 6.07. The average Bonchev–Trinajstić information content (AvgIpc) is 3.39. The first-order valence-corrected chi connectivity index (χ1v) is 11.4. The van der Waals surface area contributed by atoms with Crippen molar-refractivity contribution in [2.75, 3.05) is 11.5 Å². The van der Waals surface area contributed by atoms with E-state index in [-0.39, 0.29) is 5.56 Å². The number of carbonyl (C=O) groups excluding carboxylic acids is 4. The molecule has 168 valence electrons. The van der Waals surface area contributed by atoms with Crippen LogP contribution < -0.4 is 10.2 Å². The van der Waals surface area contributed by atoms with Crippen molar-refractivity contribution < 1.29 is 23.9 Å². The number of rotatable bonds is 6. The van der Waals surface area contributed by atoms with Crippen LogP contribution in [0.15, 0.2) is 78.2 Å². The van der Waals surface area contributed by atoms with Gasteiger partial charge in [-0.1, -0.05) is 30.3 Å². The number of amides is 3. The van der Waals surface area contributed by atoms with Crippen LogP contribution in [0.3, 0.4) is 0 Å². The van der Waals surface area contributed by atoms with E-state index in [1.165, 1.54) is 35.6 Å². The predicted molar refractivity (Wildman–Crippen MR) is 128 cm³/mol. The van der Waals surface area contributed by atoms with Gasteiger partial charge in [0.2, 0.25) is 0 Å². The molecule has 1 N–H and O–H groups in total. The maximum atomic E-state index is 13.1. The smallest absolute Gasteiger partial charge is 0.338 e. The highest BCUT2D eigenvalue weighted by Crippen LogP contribution is 2.32. The van der Waals surface area contributed by atoms with Gasteiger partial charge < -0.3 is 10.1 Å². The van der Waals surface area contributed by atoms with E-state index in [0.717, 1.165) is 15.2 Å². The summed E-state index contributed by atoms with van der Waals surface area (Å²) in [5.41, 5.74) is 1.44. The first-order chi connectivity index (χ1) is 16.5. The van der Waals surface area contributed by atoms with E-state index in [9.17, 15) is 19.2 Å². The highest BCUT2D eigenvalue weighted by Gasteiger charge is 2.33. The number of hydrogen-bond acceptors (Lipinski definition) is 6. The van der Waals surface area contributed by atoms with Crippen LogP contribution >= 0.6 is 11.3 Å². The molecule has 1 aliphatic rings. The summed E-state index contributed by atoms with van der Waals surface area (Å²) in [4.78, 5) is 52.6. The van der Waals surface area contributed by atoms with Crippen molar-refractivity contribution in [3.63, 3.8) is 0 Å². The molecular formula is C26H18N2O5S. The van der Waals surface area contributed by atoms with Gasteiger partial charge in [0.25, 0.3) is 17.7 Å². The minimum Gasteiger partial charge on any atom is -0.452 e. The second-order valence-electron chi connectivity index (χ2n) is 7.63. The molecule has 0 saturated carbocycles. The van der Waals surface area contributed by atoms with E-state index in [4.69, 9.17) is 4.74 Å². The normalized spacial score (nSPS) is 12.6. The lowest BCUT2D eigenvalue weighted by Crippen LogP contribution is -2.40. The third-order valence-electron chi connectivity index (χ3n) is 5.51. The molecule has 0 fully saturated rings. The number of carbonyl (C=O) groups is 4. The van der Waals surface area contributed by atoms with Crippen LogP contribution in [0.5, 0.6) is 0 Å². The first kappa shape index (κ1) is 21.5. The van der Waals surface area contributed by atoms with Gasteiger partial charge >= 0.3 is 5.97 Å². The minimum atomic E-state index is -0.677. The number of anilines is 1. The van der Waals surface area contributed by atoms with Gasteiger partial charge in [-0.05, 0) is 53.2 Å². The Morgan fingerprint density at radius 2 is 1.53 bits per heavy atom. The molecule has 3 aromatic carbocycles. The molecule has 4 aromatic rings. The molecule has 1 aliphatic heterocycles. The fourth-order valence-electron chi connectivity index (χ4n) is 3.88. The lowest BCUT2D eigenvalue weighted by Gasteiger charge is -2.27. The predicted octanol–water partition coefficient (Wildman–Crippen LogP) is 4.18. The summed E-state index contributed by atoms with van der Waals surface area (Å²) in [6, 6.07) is 20.4. The van der Waals surface area contributed by atoms with Gasteiger partial charge in [0, 0.05) is 21.4 Å². The molecule has 34 heavy (non-hydrogen) atoms. The monoisotopic (exact) mass is 470 g/mol. The lowest BCUT2D eigenvalue weighted by molar-refractivity contribution is -0.124. The summed E-state index contributed by atoms with van der Waals surface area (Å²) in [7, 11) is 0. The van der Waals surface area contributed by atoms with Gasteiger partial charge in [-0.15, -0.1) is 11.3 Å². The number of hydrogen-bond donors (Lipinski definition) is 1. The fourth-order valence-corrected chi connectivity index (χ4v) is 4.52. The Kier molecular flexibility index (Phi) is 5.65. The van der Waals surface area contributed by atoms with Crippen molar-refractivity contribution >= 4 is 51.5 Å². The molecule has 7 nitrogen and oxygen atoms in total. The molecule has 8 heteroatoms. The van der Waals surface area contributed by atoms with Gasteiger partial charge in [-0.25, -0.2) is 9.69 Å². The van der Waals surface area contributed by atoms with Gasteiger partial charge in [-0.3, -0.25) is 14.4 Å². The zero-order chi connectivity index (χ0) is 23.7. The highest BCUT2D eigenvalue weighted by atomic mass is 32.1. The largest absolute Gasteiger partial charge is 0.452 e. The fraction of sp³-hybridized carbons (Fsp3) is 0.0769. The Morgan fingerprint density at radius 3 is 2.15 bits per heavy atom. The third kappa shape index (κ3) is 3.95. The molecule has 0 aliphatic carbocycles. The molecular weight excluding hydrogens is 452 g/mol. The Bertz CT molecular complexity index is 1380. The number of ether oxygens (including phenoxy) is 1. The second-order valence-corrected chi connectivity index (χ2v) is 8.67. The minimum absolute atomic E-state index is 0.203. The summed E-state index contributed by atoms with van der Waals surface area (Å²) < 4.78 is 5.08. The van der Waals surface area contributed by atoms with E-state index in [0.29, 0.717) is 28.7 Å². The van der Waals surface area contributed by atoms with Gasteiger partial charge in [0.05, 0.1) is 17.8 Å². The van der Waals surface area contributed by atoms with Crippen LogP contribution in [0, 0.1) is 0 Å². The topological polar surface area (TPSA) is 92.8 Å². The number of nitrogens with zero attached hydrogens (tertiary/aromatic N) is 1. The van der Waals surface area contributed by atoms with Crippen LogP contribution in [0.2, 0.25) is 0 Å². The molecule has 0 atom stereocenters. The average molecular weight is 471 g/mol. The van der Waals surface area contributed by atoms with Crippen LogP contribution in [-0.2, 0) is 16.1 Å². The number of nitrogens with one attached hydrogen (secondary N) is 1. The van der Waals surface area contributed by atoms with Crippen molar-refractivity contribution in [2.24, 2.45) is 0 Å². The Hall–Kier alpha value is -4.30. The van der Waals surface area contributed by atoms with Crippen molar-refractivity contribution in [3.05, 3.63) is 99.7 Å². The molecule has 5 rings (SSSR count). The number of thiophene rings is 1. The molecule has 0 unspecified atom stereocenters. The molecule has 0 saturated heterocycles. The van der Waals surface area contributed by atoms with E-state index in [1.54, 1.807) is 24.3 Å². The summed E-state index contributed by atoms with van der Waals surface area (Å²) >= 11 is 1.52. The molecule has 0 radical (unpaired) electrons. The highest BCUT2D eigenvalue weighted by molar-refractivity contribution is 7.09. The van der Waals surface area contributed by atoms with E-state index in [1.807, 2.05) is 29.6 Å². The quantitative estimate of drug-likeness (QED) is 0.337. The van der Waals surface area contributed by atoms with Gasteiger partial charge in [0.1, 0.15) is 0 Å². The van der Waals surface area contributed by atoms with Gasteiger partial charge in [0.15, 0.2) is 6.61 Å². The summed E-state index contributed by atoms with van der Waals surface area (Å²) in [5.74, 6) is -1.93. The van der Waals surface area contributed by atoms with Crippen LogP contribution in [0.4, 0.5) is 5.69 Å². The zero-order valence-corrected chi connectivity index (χ0v) is 18.6.